The lowest BCUT2D eigenvalue weighted by Gasteiger charge is -2.21. The minimum Gasteiger partial charge on any atom is -0.462 e. The molecule has 98 heavy (non-hydrogen) atoms. The highest BCUT2D eigenvalue weighted by molar-refractivity contribution is 7.47. The van der Waals surface area contributed by atoms with E-state index in [1.165, 1.54) is 141 Å². The number of hydrogen-bond donors (Lipinski definition) is 3. The number of phosphoric acid groups is 2. The number of esters is 4. The first kappa shape index (κ1) is 95.0. The number of aliphatic hydroxyl groups is 1. The second-order valence-electron chi connectivity index (χ2n) is 28.0. The molecule has 0 aromatic rings. The molecule has 0 spiro atoms. The average molecular weight is 1430 g/mol. The first-order valence-corrected chi connectivity index (χ1v) is 42.6. The van der Waals surface area contributed by atoms with E-state index in [4.69, 9.17) is 37.0 Å². The van der Waals surface area contributed by atoms with Crippen molar-refractivity contribution in [2.75, 3.05) is 39.6 Å². The number of carbonyl (C=O) groups excluding carboxylic acids is 4. The highest BCUT2D eigenvalue weighted by atomic mass is 31.2. The molecule has 19 heteroatoms. The van der Waals surface area contributed by atoms with Crippen LogP contribution in [-0.2, 0) is 65.4 Å². The summed E-state index contributed by atoms with van der Waals surface area (Å²) in [5.74, 6) is -0.693. The molecule has 0 aromatic carbocycles. The second kappa shape index (κ2) is 69.7. The van der Waals surface area contributed by atoms with Gasteiger partial charge in [0.1, 0.15) is 19.3 Å². The van der Waals surface area contributed by atoms with Crippen LogP contribution in [0.2, 0.25) is 0 Å². The molecule has 574 valence electrons. The van der Waals surface area contributed by atoms with Gasteiger partial charge in [0.2, 0.25) is 0 Å². The smallest absolute Gasteiger partial charge is 0.462 e. The van der Waals surface area contributed by atoms with Crippen molar-refractivity contribution in [1.82, 2.24) is 0 Å². The molecule has 0 aliphatic heterocycles. The molecule has 0 aliphatic rings. The van der Waals surface area contributed by atoms with E-state index in [0.717, 1.165) is 134 Å². The average Bonchev–Trinajstić information content (AvgIpc) is 1.08. The van der Waals surface area contributed by atoms with Gasteiger partial charge in [-0.2, -0.15) is 0 Å². The van der Waals surface area contributed by atoms with Gasteiger partial charge in [-0.3, -0.25) is 37.3 Å². The molecular formula is C79H146O17P2. The van der Waals surface area contributed by atoms with E-state index >= 15 is 0 Å². The molecule has 0 aromatic heterocycles. The maximum Gasteiger partial charge on any atom is 0.472 e. The minimum atomic E-state index is -4.97. The van der Waals surface area contributed by atoms with Crippen LogP contribution in [0.4, 0.5) is 0 Å². The summed E-state index contributed by atoms with van der Waals surface area (Å²) in [5.41, 5.74) is 0. The van der Waals surface area contributed by atoms with E-state index < -0.39 is 97.5 Å². The van der Waals surface area contributed by atoms with Crippen molar-refractivity contribution in [3.8, 4) is 0 Å². The number of aliphatic hydroxyl groups excluding tert-OH is 1. The second-order valence-corrected chi connectivity index (χ2v) is 30.9. The van der Waals surface area contributed by atoms with Gasteiger partial charge in [-0.05, 0) is 88.9 Å². The van der Waals surface area contributed by atoms with Gasteiger partial charge in [-0.25, -0.2) is 9.13 Å². The summed E-state index contributed by atoms with van der Waals surface area (Å²) in [4.78, 5) is 72.8. The molecule has 17 nitrogen and oxygen atoms in total. The van der Waals surface area contributed by atoms with E-state index in [9.17, 15) is 43.2 Å². The number of carbonyl (C=O) groups is 4. The Hall–Kier alpha value is -2.98. The van der Waals surface area contributed by atoms with Crippen LogP contribution in [0.1, 0.15) is 363 Å². The maximum absolute atomic E-state index is 13.1. The highest BCUT2D eigenvalue weighted by Gasteiger charge is 2.30. The fraction of sp³-hybridized carbons (Fsp3) is 0.848. The molecule has 0 radical (unpaired) electrons. The first-order chi connectivity index (χ1) is 47.4. The number of unbranched alkanes of at least 4 members (excludes halogenated alkanes) is 38. The van der Waals surface area contributed by atoms with Crippen molar-refractivity contribution in [1.29, 1.82) is 0 Å². The van der Waals surface area contributed by atoms with Gasteiger partial charge in [0, 0.05) is 25.7 Å². The zero-order valence-corrected chi connectivity index (χ0v) is 64.8. The number of phosphoric ester groups is 2. The van der Waals surface area contributed by atoms with Crippen molar-refractivity contribution in [2.45, 2.75) is 381 Å². The van der Waals surface area contributed by atoms with Gasteiger partial charge in [-0.15, -0.1) is 0 Å². The third kappa shape index (κ3) is 71.4. The van der Waals surface area contributed by atoms with Gasteiger partial charge >= 0.3 is 39.5 Å². The van der Waals surface area contributed by atoms with E-state index in [1.807, 2.05) is 0 Å². The number of allylic oxidation sites excluding steroid dienone is 8. The Morgan fingerprint density at radius 3 is 0.827 bits per heavy atom. The summed E-state index contributed by atoms with van der Waals surface area (Å²) in [6.07, 6.45) is 64.2. The summed E-state index contributed by atoms with van der Waals surface area (Å²) in [6, 6.07) is 0. The number of rotatable bonds is 74. The quantitative estimate of drug-likeness (QED) is 0.0169. The number of hydrogen-bond acceptors (Lipinski definition) is 15. The SMILES string of the molecule is CCCCCC/C=C\C=C/CCCCCCCC(=O)OC[C@H](COP(=O)(O)OCC(O)COP(=O)(O)OC[C@@H](COC(=O)CCCCCCCCC(C)C)OC(=O)CCCCCCCCCCCCCCCCCCC(C)C)OC(=O)CCCCCCC/C=C\C=C/CCCCCC. The Morgan fingerprint density at radius 2 is 0.551 bits per heavy atom. The molecular weight excluding hydrogens is 1280 g/mol. The molecule has 0 saturated heterocycles. The highest BCUT2D eigenvalue weighted by Crippen LogP contribution is 2.45. The maximum atomic E-state index is 13.1. The van der Waals surface area contributed by atoms with E-state index in [2.05, 4.69) is 90.2 Å². The minimum absolute atomic E-state index is 0.0780. The summed E-state index contributed by atoms with van der Waals surface area (Å²) in [5, 5.41) is 10.6. The lowest BCUT2D eigenvalue weighted by molar-refractivity contribution is -0.161. The summed E-state index contributed by atoms with van der Waals surface area (Å²) < 4.78 is 68.5. The lowest BCUT2D eigenvalue weighted by Crippen LogP contribution is -2.30. The molecule has 0 aliphatic carbocycles. The topological polar surface area (TPSA) is 237 Å². The first-order valence-electron chi connectivity index (χ1n) is 39.6. The van der Waals surface area contributed by atoms with Gasteiger partial charge in [-0.1, -0.05) is 308 Å². The van der Waals surface area contributed by atoms with Crippen LogP contribution in [0.3, 0.4) is 0 Å². The summed E-state index contributed by atoms with van der Waals surface area (Å²) in [7, 11) is -9.94. The molecule has 5 atom stereocenters. The Bertz CT molecular complexity index is 2080. The van der Waals surface area contributed by atoms with Crippen LogP contribution in [0.15, 0.2) is 48.6 Å². The van der Waals surface area contributed by atoms with Crippen LogP contribution in [-0.4, -0.2) is 96.7 Å². The van der Waals surface area contributed by atoms with Crippen molar-refractivity contribution in [3.63, 3.8) is 0 Å². The standard InChI is InChI=1S/C79H146O17P2/c1-7-9-11-13-15-17-19-21-25-30-34-38-42-49-55-61-76(81)89-67-74(95-78(83)63-57-51-43-39-35-31-26-22-20-18-16-14-12-10-8-2)69-93-97(85,86)91-65-73(80)66-92-98(87,88)94-70-75(68-90-77(82)62-56-50-46-45-48-54-60-72(5)6)96-79(84)64-58-52-44-40-36-32-28-24-23-27-29-33-37-41-47-53-59-71(3)4/h17-22,25-26,71-75,80H,7-16,23-24,27-70H2,1-6H3,(H,85,86)(H,87,88)/b19-17-,20-18-,25-21-,26-22-/t73?,74-,75-/m1/s1. The Kier molecular flexibility index (Phi) is 67.6. The fourth-order valence-corrected chi connectivity index (χ4v) is 12.7. The van der Waals surface area contributed by atoms with Gasteiger partial charge < -0.3 is 33.8 Å². The third-order valence-corrected chi connectivity index (χ3v) is 19.1. The van der Waals surface area contributed by atoms with E-state index in [0.29, 0.717) is 31.6 Å². The van der Waals surface area contributed by atoms with Gasteiger partial charge in [0.25, 0.3) is 0 Å². The van der Waals surface area contributed by atoms with Crippen molar-refractivity contribution >= 4 is 39.5 Å². The Morgan fingerprint density at radius 1 is 0.316 bits per heavy atom. The molecule has 0 heterocycles. The normalized spacial score (nSPS) is 14.3. The van der Waals surface area contributed by atoms with Crippen LogP contribution in [0, 0.1) is 11.8 Å². The molecule has 0 saturated carbocycles. The van der Waals surface area contributed by atoms with Crippen LogP contribution in [0.25, 0.3) is 0 Å². The van der Waals surface area contributed by atoms with Gasteiger partial charge in [0.15, 0.2) is 12.2 Å². The van der Waals surface area contributed by atoms with E-state index in [-0.39, 0.29) is 25.7 Å². The zero-order chi connectivity index (χ0) is 72.1. The van der Waals surface area contributed by atoms with E-state index in [1.54, 1.807) is 0 Å². The predicted molar refractivity (Wildman–Crippen MR) is 400 cm³/mol. The Balaban J connectivity index is 5.28. The molecule has 3 unspecified atom stereocenters. The van der Waals surface area contributed by atoms with Crippen LogP contribution in [0.5, 0.6) is 0 Å². The predicted octanol–water partition coefficient (Wildman–Crippen LogP) is 22.6. The molecule has 0 fully saturated rings. The monoisotopic (exact) mass is 1430 g/mol. The van der Waals surface area contributed by atoms with Crippen molar-refractivity contribution in [2.24, 2.45) is 11.8 Å². The molecule has 0 bridgehead atoms. The summed E-state index contributed by atoms with van der Waals surface area (Å²) >= 11 is 0. The van der Waals surface area contributed by atoms with Crippen molar-refractivity contribution in [3.05, 3.63) is 48.6 Å². The van der Waals surface area contributed by atoms with Crippen LogP contribution >= 0.6 is 15.6 Å². The molecule has 3 N–H and O–H groups in total. The Labute approximate surface area is 597 Å². The third-order valence-electron chi connectivity index (χ3n) is 17.2. The lowest BCUT2D eigenvalue weighted by atomic mass is 10.0. The zero-order valence-electron chi connectivity index (χ0n) is 63.1. The fourth-order valence-electron chi connectivity index (χ4n) is 11.1. The largest absolute Gasteiger partial charge is 0.472 e. The molecule has 0 rings (SSSR count). The van der Waals surface area contributed by atoms with Crippen LogP contribution < -0.4 is 0 Å². The summed E-state index contributed by atoms with van der Waals surface area (Å²) in [6.45, 7) is 9.42. The molecule has 0 amide bonds. The van der Waals surface area contributed by atoms with Gasteiger partial charge in [0.05, 0.1) is 26.4 Å². The number of ether oxygens (including phenoxy) is 4. The van der Waals surface area contributed by atoms with Crippen molar-refractivity contribution < 1.29 is 80.2 Å².